The Morgan fingerprint density at radius 3 is 2.76 bits per heavy atom. The molecule has 0 N–H and O–H groups in total. The van der Waals surface area contributed by atoms with Gasteiger partial charge in [0.1, 0.15) is 0 Å². The van der Waals surface area contributed by atoms with Gasteiger partial charge in [-0.1, -0.05) is 0 Å². The molecule has 0 aliphatic carbocycles. The average Bonchev–Trinajstić information content (AvgIpc) is 3.23. The zero-order chi connectivity index (χ0) is 20.1. The van der Waals surface area contributed by atoms with E-state index in [0.717, 1.165) is 77.2 Å². The molecule has 29 heavy (non-hydrogen) atoms. The van der Waals surface area contributed by atoms with Crippen LogP contribution in [0, 0.1) is 0 Å². The van der Waals surface area contributed by atoms with Gasteiger partial charge in [-0.3, -0.25) is 9.80 Å². The van der Waals surface area contributed by atoms with E-state index in [1.165, 1.54) is 17.7 Å². The van der Waals surface area contributed by atoms with Crippen molar-refractivity contribution in [1.29, 1.82) is 0 Å². The number of carbonyl (C=O) groups is 1. The van der Waals surface area contributed by atoms with Crippen molar-refractivity contribution < 1.29 is 14.3 Å². The summed E-state index contributed by atoms with van der Waals surface area (Å²) < 4.78 is 10.6. The first-order chi connectivity index (χ1) is 14.2. The number of hydrogen-bond donors (Lipinski definition) is 0. The van der Waals surface area contributed by atoms with E-state index in [9.17, 15) is 4.79 Å². The number of aromatic nitrogens is 1. The second-order valence-electron chi connectivity index (χ2n) is 7.96. The first kappa shape index (κ1) is 20.8. The highest BCUT2D eigenvalue weighted by molar-refractivity contribution is 7.15. The molecule has 4 rings (SSSR count). The van der Waals surface area contributed by atoms with E-state index in [4.69, 9.17) is 9.47 Å². The first-order valence-electron chi connectivity index (χ1n) is 10.9. The molecule has 1 aromatic heterocycles. The summed E-state index contributed by atoms with van der Waals surface area (Å²) in [7, 11) is 0. The summed E-state index contributed by atoms with van der Waals surface area (Å²) in [5, 5.41) is 1.13. The van der Waals surface area contributed by atoms with E-state index < -0.39 is 0 Å². The quantitative estimate of drug-likeness (QED) is 0.715. The van der Waals surface area contributed by atoms with E-state index in [1.54, 1.807) is 0 Å². The Bertz CT molecular complexity index is 658. The van der Waals surface area contributed by atoms with Crippen molar-refractivity contribution in [2.45, 2.75) is 32.4 Å². The van der Waals surface area contributed by atoms with E-state index in [-0.39, 0.29) is 6.09 Å². The summed E-state index contributed by atoms with van der Waals surface area (Å²) in [6.07, 6.45) is 4.37. The van der Waals surface area contributed by atoms with Crippen LogP contribution in [0.4, 0.5) is 9.93 Å². The molecule has 3 fully saturated rings. The summed E-state index contributed by atoms with van der Waals surface area (Å²) >= 11 is 1.82. The van der Waals surface area contributed by atoms with E-state index >= 15 is 0 Å². The number of hydrogen-bond acceptors (Lipinski definition) is 8. The predicted octanol–water partition coefficient (Wildman–Crippen LogP) is 1.72. The van der Waals surface area contributed by atoms with Gasteiger partial charge in [0.15, 0.2) is 5.13 Å². The molecule has 3 aliphatic rings. The summed E-state index contributed by atoms with van der Waals surface area (Å²) in [5.74, 6) is 0. The maximum Gasteiger partial charge on any atom is 0.409 e. The number of likely N-dealkylation sites (tertiary alicyclic amines) is 1. The second-order valence-corrected chi connectivity index (χ2v) is 9.06. The molecule has 8 nitrogen and oxygen atoms in total. The van der Waals surface area contributed by atoms with E-state index in [1.807, 2.05) is 23.2 Å². The Balaban J connectivity index is 1.26. The summed E-state index contributed by atoms with van der Waals surface area (Å²) in [6.45, 7) is 12.5. The summed E-state index contributed by atoms with van der Waals surface area (Å²) in [4.78, 5) is 27.2. The van der Waals surface area contributed by atoms with Crippen molar-refractivity contribution in [2.24, 2.45) is 0 Å². The van der Waals surface area contributed by atoms with Crippen molar-refractivity contribution in [2.75, 3.05) is 77.1 Å². The Hall–Kier alpha value is -1.42. The minimum Gasteiger partial charge on any atom is -0.450 e. The van der Waals surface area contributed by atoms with Crippen LogP contribution >= 0.6 is 11.3 Å². The lowest BCUT2D eigenvalue weighted by Gasteiger charge is -2.43. The zero-order valence-electron chi connectivity index (χ0n) is 17.4. The average molecular weight is 424 g/mol. The summed E-state index contributed by atoms with van der Waals surface area (Å²) in [5.41, 5.74) is 0. The third kappa shape index (κ3) is 5.39. The lowest BCUT2D eigenvalue weighted by Crippen LogP contribution is -2.55. The molecule has 0 saturated carbocycles. The van der Waals surface area contributed by atoms with Crippen molar-refractivity contribution in [1.82, 2.24) is 19.7 Å². The van der Waals surface area contributed by atoms with Gasteiger partial charge in [-0.05, 0) is 26.3 Å². The fraction of sp³-hybridized carbons (Fsp3) is 0.800. The largest absolute Gasteiger partial charge is 0.450 e. The van der Waals surface area contributed by atoms with Gasteiger partial charge < -0.3 is 19.3 Å². The fourth-order valence-corrected chi connectivity index (χ4v) is 5.45. The number of anilines is 1. The number of piperidine rings is 1. The van der Waals surface area contributed by atoms with Gasteiger partial charge in [0.25, 0.3) is 0 Å². The van der Waals surface area contributed by atoms with Crippen LogP contribution in [-0.4, -0.2) is 104 Å². The summed E-state index contributed by atoms with van der Waals surface area (Å²) in [6, 6.07) is 0.583. The molecule has 1 atom stereocenters. The number of carbonyl (C=O) groups excluding carboxylic acids is 1. The number of rotatable bonds is 5. The normalized spacial score (nSPS) is 24.7. The number of ether oxygens (including phenoxy) is 2. The van der Waals surface area contributed by atoms with Crippen LogP contribution in [0.25, 0.3) is 0 Å². The van der Waals surface area contributed by atoms with Crippen molar-refractivity contribution in [3.05, 3.63) is 11.1 Å². The van der Waals surface area contributed by atoms with Crippen molar-refractivity contribution in [3.8, 4) is 0 Å². The molecule has 1 aromatic rings. The van der Waals surface area contributed by atoms with Crippen molar-refractivity contribution >= 4 is 22.6 Å². The van der Waals surface area contributed by atoms with Crippen LogP contribution in [0.5, 0.6) is 0 Å². The second kappa shape index (κ2) is 10.1. The third-order valence-electron chi connectivity index (χ3n) is 6.04. The Kier molecular flexibility index (Phi) is 7.23. The predicted molar refractivity (Wildman–Crippen MR) is 114 cm³/mol. The van der Waals surface area contributed by atoms with Gasteiger partial charge in [-0.15, -0.1) is 11.3 Å². The number of nitrogens with zero attached hydrogens (tertiary/aromatic N) is 5. The molecule has 3 saturated heterocycles. The monoisotopic (exact) mass is 423 g/mol. The van der Waals surface area contributed by atoms with E-state index in [2.05, 4.69) is 25.9 Å². The molecule has 4 heterocycles. The molecule has 0 bridgehead atoms. The SMILES string of the molecule is CCOC(=O)N1CCN([C@H]2CCCN(Cc3cnc(N4CCOCC4)s3)C2)CC1. The minimum atomic E-state index is -0.168. The lowest BCUT2D eigenvalue weighted by molar-refractivity contribution is 0.0414. The Morgan fingerprint density at radius 2 is 2.00 bits per heavy atom. The molecule has 0 radical (unpaired) electrons. The van der Waals surface area contributed by atoms with Gasteiger partial charge >= 0.3 is 6.09 Å². The van der Waals surface area contributed by atoms with Crippen LogP contribution < -0.4 is 4.90 Å². The Labute approximate surface area is 177 Å². The van der Waals surface area contributed by atoms with Gasteiger partial charge in [-0.2, -0.15) is 0 Å². The lowest BCUT2D eigenvalue weighted by atomic mass is 10.0. The van der Waals surface area contributed by atoms with Crippen molar-refractivity contribution in [3.63, 3.8) is 0 Å². The standard InChI is InChI=1S/C20H33N5O3S/c1-2-28-20(26)25-8-6-23(7-9-25)17-4-3-5-22(15-17)16-18-14-21-19(29-18)24-10-12-27-13-11-24/h14,17H,2-13,15-16H2,1H3/t17-/m0/s1. The van der Waals surface area contributed by atoms with Crippen LogP contribution in [0.3, 0.4) is 0 Å². The van der Waals surface area contributed by atoms with Gasteiger partial charge in [0, 0.05) is 69.5 Å². The van der Waals surface area contributed by atoms with Gasteiger partial charge in [0.05, 0.1) is 19.8 Å². The molecule has 0 spiro atoms. The van der Waals surface area contributed by atoms with Crippen LogP contribution in [-0.2, 0) is 16.0 Å². The van der Waals surface area contributed by atoms with E-state index in [0.29, 0.717) is 12.6 Å². The maximum atomic E-state index is 11.9. The molecule has 1 amide bonds. The molecule has 0 unspecified atom stereocenters. The molecule has 9 heteroatoms. The number of morpholine rings is 1. The van der Waals surface area contributed by atoms with Gasteiger partial charge in [-0.25, -0.2) is 9.78 Å². The topological polar surface area (TPSA) is 61.4 Å². The maximum absolute atomic E-state index is 11.9. The smallest absolute Gasteiger partial charge is 0.409 e. The zero-order valence-corrected chi connectivity index (χ0v) is 18.2. The van der Waals surface area contributed by atoms with Crippen LogP contribution in [0.15, 0.2) is 6.20 Å². The number of piperazine rings is 1. The number of thiazole rings is 1. The highest BCUT2D eigenvalue weighted by Gasteiger charge is 2.30. The molecular weight excluding hydrogens is 390 g/mol. The molecule has 0 aromatic carbocycles. The first-order valence-corrected chi connectivity index (χ1v) is 11.7. The molecular formula is C20H33N5O3S. The fourth-order valence-electron chi connectivity index (χ4n) is 4.45. The molecule has 162 valence electrons. The molecule has 3 aliphatic heterocycles. The van der Waals surface area contributed by atoms with Crippen LogP contribution in [0.1, 0.15) is 24.6 Å². The Morgan fingerprint density at radius 1 is 1.21 bits per heavy atom. The minimum absolute atomic E-state index is 0.168. The van der Waals surface area contributed by atoms with Crippen LogP contribution in [0.2, 0.25) is 0 Å². The highest BCUT2D eigenvalue weighted by Crippen LogP contribution is 2.26. The van der Waals surface area contributed by atoms with Gasteiger partial charge in [0.2, 0.25) is 0 Å². The highest BCUT2D eigenvalue weighted by atomic mass is 32.1. The number of amides is 1. The third-order valence-corrected chi connectivity index (χ3v) is 7.08.